The quantitative estimate of drug-likeness (QED) is 0.691. The molecule has 0 aromatic heterocycles. The van der Waals surface area contributed by atoms with Gasteiger partial charge in [-0.1, -0.05) is 38.5 Å². The Morgan fingerprint density at radius 2 is 2.00 bits per heavy atom. The maximum atomic E-state index is 11.5. The lowest BCUT2D eigenvalue weighted by atomic mass is 10.1. The Labute approximate surface area is 91.3 Å². The molecule has 0 radical (unpaired) electrons. The standard InChI is InChI=1S/C13H18O2/c1-3-7-11(2)10-15-13(14)12-8-5-4-6-9-12/h4-6,8-9,11H,3,7,10H2,1-2H3/t11-/m1/s1. The van der Waals surface area contributed by atoms with E-state index in [1.54, 1.807) is 12.1 Å². The maximum absolute atomic E-state index is 11.5. The van der Waals surface area contributed by atoms with Crippen LogP contribution in [0.2, 0.25) is 0 Å². The molecule has 0 spiro atoms. The van der Waals surface area contributed by atoms with Gasteiger partial charge in [-0.15, -0.1) is 0 Å². The van der Waals surface area contributed by atoms with Crippen molar-refractivity contribution in [3.8, 4) is 0 Å². The van der Waals surface area contributed by atoms with Gasteiger partial charge in [0.15, 0.2) is 0 Å². The summed E-state index contributed by atoms with van der Waals surface area (Å²) in [4.78, 5) is 11.5. The summed E-state index contributed by atoms with van der Waals surface area (Å²) >= 11 is 0. The molecule has 2 heteroatoms. The molecule has 0 N–H and O–H groups in total. The molecular weight excluding hydrogens is 188 g/mol. The Kier molecular flexibility index (Phi) is 4.88. The van der Waals surface area contributed by atoms with Crippen molar-refractivity contribution in [2.24, 2.45) is 5.92 Å². The van der Waals surface area contributed by atoms with Gasteiger partial charge < -0.3 is 4.74 Å². The number of esters is 1. The highest BCUT2D eigenvalue weighted by Crippen LogP contribution is 2.07. The first-order valence-corrected chi connectivity index (χ1v) is 5.46. The third-order valence-corrected chi connectivity index (χ3v) is 2.29. The first kappa shape index (κ1) is 11.8. The van der Waals surface area contributed by atoms with Crippen molar-refractivity contribution in [3.05, 3.63) is 35.9 Å². The van der Waals surface area contributed by atoms with Crippen LogP contribution in [-0.2, 0) is 4.74 Å². The summed E-state index contributed by atoms with van der Waals surface area (Å²) in [6.07, 6.45) is 2.23. The van der Waals surface area contributed by atoms with Crippen LogP contribution in [0.4, 0.5) is 0 Å². The topological polar surface area (TPSA) is 26.3 Å². The second-order valence-corrected chi connectivity index (χ2v) is 3.86. The molecule has 0 aliphatic heterocycles. The van der Waals surface area contributed by atoms with Crippen molar-refractivity contribution >= 4 is 5.97 Å². The van der Waals surface area contributed by atoms with E-state index in [0.717, 1.165) is 12.8 Å². The molecule has 0 aliphatic rings. The van der Waals surface area contributed by atoms with E-state index in [1.807, 2.05) is 18.2 Å². The normalized spacial score (nSPS) is 12.1. The van der Waals surface area contributed by atoms with E-state index in [9.17, 15) is 4.79 Å². The average Bonchev–Trinajstić information content (AvgIpc) is 2.27. The zero-order chi connectivity index (χ0) is 11.1. The Balaban J connectivity index is 2.37. The van der Waals surface area contributed by atoms with Crippen molar-refractivity contribution in [1.29, 1.82) is 0 Å². The van der Waals surface area contributed by atoms with Crippen LogP contribution < -0.4 is 0 Å². The fourth-order valence-electron chi connectivity index (χ4n) is 1.45. The van der Waals surface area contributed by atoms with E-state index in [2.05, 4.69) is 13.8 Å². The smallest absolute Gasteiger partial charge is 0.338 e. The van der Waals surface area contributed by atoms with Gasteiger partial charge in [0.05, 0.1) is 12.2 Å². The molecule has 1 rings (SSSR count). The molecule has 0 saturated heterocycles. The summed E-state index contributed by atoms with van der Waals surface area (Å²) in [5, 5.41) is 0. The molecule has 0 heterocycles. The summed E-state index contributed by atoms with van der Waals surface area (Å²) < 4.78 is 5.20. The SMILES string of the molecule is CCC[C@@H](C)COC(=O)c1ccccc1. The number of hydrogen-bond donors (Lipinski definition) is 0. The van der Waals surface area contributed by atoms with Gasteiger partial charge in [-0.25, -0.2) is 4.79 Å². The van der Waals surface area contributed by atoms with Crippen LogP contribution in [0.25, 0.3) is 0 Å². The molecule has 0 saturated carbocycles. The highest BCUT2D eigenvalue weighted by atomic mass is 16.5. The minimum atomic E-state index is -0.224. The highest BCUT2D eigenvalue weighted by Gasteiger charge is 2.08. The summed E-state index contributed by atoms with van der Waals surface area (Å²) in [5.41, 5.74) is 0.626. The summed E-state index contributed by atoms with van der Waals surface area (Å²) in [5.74, 6) is 0.223. The van der Waals surface area contributed by atoms with Crippen LogP contribution in [0.15, 0.2) is 30.3 Å². The predicted octanol–water partition coefficient (Wildman–Crippen LogP) is 3.28. The lowest BCUT2D eigenvalue weighted by Crippen LogP contribution is -2.11. The van der Waals surface area contributed by atoms with Crippen molar-refractivity contribution < 1.29 is 9.53 Å². The van der Waals surface area contributed by atoms with Crippen molar-refractivity contribution in [2.75, 3.05) is 6.61 Å². The minimum Gasteiger partial charge on any atom is -0.462 e. The zero-order valence-electron chi connectivity index (χ0n) is 9.40. The van der Waals surface area contributed by atoms with Crippen LogP contribution in [0.5, 0.6) is 0 Å². The largest absolute Gasteiger partial charge is 0.462 e. The fourth-order valence-corrected chi connectivity index (χ4v) is 1.45. The van der Waals surface area contributed by atoms with E-state index < -0.39 is 0 Å². The van der Waals surface area contributed by atoms with Crippen molar-refractivity contribution in [3.63, 3.8) is 0 Å². The van der Waals surface area contributed by atoms with Gasteiger partial charge in [0.1, 0.15) is 0 Å². The van der Waals surface area contributed by atoms with Gasteiger partial charge >= 0.3 is 5.97 Å². The average molecular weight is 206 g/mol. The molecule has 0 fully saturated rings. The second kappa shape index (κ2) is 6.23. The van der Waals surface area contributed by atoms with Crippen LogP contribution >= 0.6 is 0 Å². The van der Waals surface area contributed by atoms with Gasteiger partial charge in [-0.05, 0) is 24.5 Å². The lowest BCUT2D eigenvalue weighted by Gasteiger charge is -2.10. The fraction of sp³-hybridized carbons (Fsp3) is 0.462. The zero-order valence-corrected chi connectivity index (χ0v) is 9.40. The van der Waals surface area contributed by atoms with Gasteiger partial charge in [0.2, 0.25) is 0 Å². The summed E-state index contributed by atoms with van der Waals surface area (Å²) in [6.45, 7) is 4.75. The molecule has 2 nitrogen and oxygen atoms in total. The Bertz CT molecular complexity index is 293. The van der Waals surface area contributed by atoms with E-state index in [4.69, 9.17) is 4.74 Å². The number of ether oxygens (including phenoxy) is 1. The van der Waals surface area contributed by atoms with E-state index >= 15 is 0 Å². The van der Waals surface area contributed by atoms with E-state index in [-0.39, 0.29) is 5.97 Å². The van der Waals surface area contributed by atoms with E-state index in [0.29, 0.717) is 18.1 Å². The predicted molar refractivity (Wildman–Crippen MR) is 60.8 cm³/mol. The van der Waals surface area contributed by atoms with Gasteiger partial charge in [0.25, 0.3) is 0 Å². The van der Waals surface area contributed by atoms with Crippen LogP contribution in [-0.4, -0.2) is 12.6 Å². The monoisotopic (exact) mass is 206 g/mol. The molecule has 0 bridgehead atoms. The Morgan fingerprint density at radius 1 is 1.33 bits per heavy atom. The first-order valence-electron chi connectivity index (χ1n) is 5.46. The molecular formula is C13H18O2. The molecule has 1 aromatic carbocycles. The highest BCUT2D eigenvalue weighted by molar-refractivity contribution is 5.89. The second-order valence-electron chi connectivity index (χ2n) is 3.86. The third-order valence-electron chi connectivity index (χ3n) is 2.29. The molecule has 0 unspecified atom stereocenters. The van der Waals surface area contributed by atoms with Gasteiger partial charge in [0, 0.05) is 0 Å². The number of carbonyl (C=O) groups excluding carboxylic acids is 1. The van der Waals surface area contributed by atoms with Crippen molar-refractivity contribution in [1.82, 2.24) is 0 Å². The number of benzene rings is 1. The van der Waals surface area contributed by atoms with Crippen LogP contribution in [0.1, 0.15) is 37.0 Å². The van der Waals surface area contributed by atoms with Gasteiger partial charge in [-0.3, -0.25) is 0 Å². The molecule has 0 aliphatic carbocycles. The van der Waals surface area contributed by atoms with E-state index in [1.165, 1.54) is 0 Å². The van der Waals surface area contributed by atoms with Crippen LogP contribution in [0, 0.1) is 5.92 Å². The molecule has 1 aromatic rings. The maximum Gasteiger partial charge on any atom is 0.338 e. The van der Waals surface area contributed by atoms with Gasteiger partial charge in [-0.2, -0.15) is 0 Å². The van der Waals surface area contributed by atoms with Crippen LogP contribution in [0.3, 0.4) is 0 Å². The minimum absolute atomic E-state index is 0.224. The molecule has 0 amide bonds. The lowest BCUT2D eigenvalue weighted by molar-refractivity contribution is 0.0443. The molecule has 15 heavy (non-hydrogen) atoms. The number of hydrogen-bond acceptors (Lipinski definition) is 2. The Morgan fingerprint density at radius 3 is 2.60 bits per heavy atom. The van der Waals surface area contributed by atoms with Crippen molar-refractivity contribution in [2.45, 2.75) is 26.7 Å². The molecule has 1 atom stereocenters. The third kappa shape index (κ3) is 4.15. The summed E-state index contributed by atoms with van der Waals surface area (Å²) in [6, 6.07) is 9.11. The number of carbonyl (C=O) groups is 1. The number of rotatable bonds is 5. The molecule has 82 valence electrons. The summed E-state index contributed by atoms with van der Waals surface area (Å²) in [7, 11) is 0. The first-order chi connectivity index (χ1) is 7.24. The Hall–Kier alpha value is -1.31.